The SMILES string of the molecule is O=C(/C=C/c1ccccc1)NC(=S)Nc1ccc(N2CCOCC2)c(Cl)c1. The van der Waals surface area contributed by atoms with Gasteiger partial charge in [-0.05, 0) is 42.1 Å². The molecular weight excluding hydrogens is 382 g/mol. The van der Waals surface area contributed by atoms with E-state index in [-0.39, 0.29) is 11.0 Å². The van der Waals surface area contributed by atoms with Gasteiger partial charge in [0.15, 0.2) is 5.11 Å². The molecule has 7 heteroatoms. The van der Waals surface area contributed by atoms with Crippen LogP contribution in [0.4, 0.5) is 11.4 Å². The summed E-state index contributed by atoms with van der Waals surface area (Å²) in [5.74, 6) is -0.299. The summed E-state index contributed by atoms with van der Waals surface area (Å²) >= 11 is 11.6. The number of nitrogens with one attached hydrogen (secondary N) is 2. The van der Waals surface area contributed by atoms with Crippen molar-refractivity contribution in [2.45, 2.75) is 0 Å². The highest BCUT2D eigenvalue weighted by Gasteiger charge is 2.14. The van der Waals surface area contributed by atoms with Crippen molar-refractivity contribution in [3.05, 3.63) is 65.2 Å². The van der Waals surface area contributed by atoms with Gasteiger partial charge in [-0.25, -0.2) is 0 Å². The maximum atomic E-state index is 12.0. The third-order valence-electron chi connectivity index (χ3n) is 4.02. The molecule has 1 aliphatic heterocycles. The van der Waals surface area contributed by atoms with E-state index in [1.807, 2.05) is 42.5 Å². The minimum Gasteiger partial charge on any atom is -0.378 e. The first-order chi connectivity index (χ1) is 13.1. The van der Waals surface area contributed by atoms with E-state index >= 15 is 0 Å². The van der Waals surface area contributed by atoms with E-state index in [1.54, 1.807) is 12.1 Å². The van der Waals surface area contributed by atoms with Gasteiger partial charge < -0.3 is 15.0 Å². The van der Waals surface area contributed by atoms with Crippen LogP contribution in [-0.2, 0) is 9.53 Å². The molecule has 0 saturated carbocycles. The second kappa shape index (κ2) is 9.50. The number of carbonyl (C=O) groups is 1. The maximum absolute atomic E-state index is 12.0. The molecule has 0 spiro atoms. The highest BCUT2D eigenvalue weighted by molar-refractivity contribution is 7.80. The fraction of sp³-hybridized carbons (Fsp3) is 0.200. The van der Waals surface area contributed by atoms with Crippen molar-refractivity contribution in [1.82, 2.24) is 5.32 Å². The number of benzene rings is 2. The summed E-state index contributed by atoms with van der Waals surface area (Å²) in [6.45, 7) is 3.02. The van der Waals surface area contributed by atoms with Crippen LogP contribution in [0.15, 0.2) is 54.6 Å². The van der Waals surface area contributed by atoms with E-state index in [1.165, 1.54) is 6.08 Å². The number of rotatable bonds is 4. The summed E-state index contributed by atoms with van der Waals surface area (Å²) in [5.41, 5.74) is 2.62. The predicted octanol–water partition coefficient (Wildman–Crippen LogP) is 3.70. The Bertz CT molecular complexity index is 836. The number of carbonyl (C=O) groups excluding carboxylic acids is 1. The van der Waals surface area contributed by atoms with Gasteiger partial charge in [0.2, 0.25) is 5.91 Å². The number of ether oxygens (including phenoxy) is 1. The van der Waals surface area contributed by atoms with Crippen molar-refractivity contribution in [1.29, 1.82) is 0 Å². The van der Waals surface area contributed by atoms with Crippen molar-refractivity contribution in [3.8, 4) is 0 Å². The maximum Gasteiger partial charge on any atom is 0.250 e. The van der Waals surface area contributed by atoms with Crippen LogP contribution in [0.3, 0.4) is 0 Å². The van der Waals surface area contributed by atoms with Crippen molar-refractivity contribution < 1.29 is 9.53 Å². The molecule has 2 N–H and O–H groups in total. The van der Waals surface area contributed by atoms with Crippen molar-refractivity contribution in [2.24, 2.45) is 0 Å². The van der Waals surface area contributed by atoms with Gasteiger partial charge in [0, 0.05) is 24.9 Å². The van der Waals surface area contributed by atoms with E-state index in [2.05, 4.69) is 15.5 Å². The van der Waals surface area contributed by atoms with Gasteiger partial charge in [-0.15, -0.1) is 0 Å². The molecule has 3 rings (SSSR count). The fourth-order valence-electron chi connectivity index (χ4n) is 2.70. The van der Waals surface area contributed by atoms with Crippen molar-refractivity contribution in [3.63, 3.8) is 0 Å². The molecule has 0 aliphatic carbocycles. The molecule has 0 unspecified atom stereocenters. The minimum absolute atomic E-state index is 0.216. The van der Waals surface area contributed by atoms with Gasteiger partial charge in [0.1, 0.15) is 0 Å². The van der Waals surface area contributed by atoms with E-state index in [0.29, 0.717) is 23.9 Å². The van der Waals surface area contributed by atoms with Crippen LogP contribution in [0.1, 0.15) is 5.56 Å². The summed E-state index contributed by atoms with van der Waals surface area (Å²) in [4.78, 5) is 14.2. The first-order valence-corrected chi connectivity index (χ1v) is 9.38. The quantitative estimate of drug-likeness (QED) is 0.604. The highest BCUT2D eigenvalue weighted by atomic mass is 35.5. The predicted molar refractivity (Wildman–Crippen MR) is 114 cm³/mol. The molecule has 0 aromatic heterocycles. The molecule has 0 atom stereocenters. The standard InChI is InChI=1S/C20H20ClN3O2S/c21-17-14-16(7-8-18(17)24-10-12-26-13-11-24)22-20(27)23-19(25)9-6-15-4-2-1-3-5-15/h1-9,14H,10-13H2,(H2,22,23,25,27)/b9-6+. The fourth-order valence-corrected chi connectivity index (χ4v) is 3.22. The first-order valence-electron chi connectivity index (χ1n) is 8.59. The minimum atomic E-state index is -0.299. The zero-order chi connectivity index (χ0) is 19.1. The Morgan fingerprint density at radius 1 is 1.15 bits per heavy atom. The van der Waals surface area contributed by atoms with Crippen LogP contribution in [0.2, 0.25) is 5.02 Å². The Hall–Kier alpha value is -2.41. The molecular formula is C20H20ClN3O2S. The summed E-state index contributed by atoms with van der Waals surface area (Å²) in [5, 5.41) is 6.44. The topological polar surface area (TPSA) is 53.6 Å². The third kappa shape index (κ3) is 5.79. The van der Waals surface area contributed by atoms with Crippen LogP contribution >= 0.6 is 23.8 Å². The average Bonchev–Trinajstić information content (AvgIpc) is 2.68. The second-order valence-electron chi connectivity index (χ2n) is 5.95. The Labute approximate surface area is 169 Å². The van der Waals surface area contributed by atoms with Crippen molar-refractivity contribution >= 4 is 52.3 Å². The molecule has 1 amide bonds. The van der Waals surface area contributed by atoms with Gasteiger partial charge in [-0.3, -0.25) is 10.1 Å². The number of morpholine rings is 1. The molecule has 1 saturated heterocycles. The molecule has 0 radical (unpaired) electrons. The second-order valence-corrected chi connectivity index (χ2v) is 6.77. The number of hydrogen-bond acceptors (Lipinski definition) is 4. The lowest BCUT2D eigenvalue weighted by Gasteiger charge is -2.29. The van der Waals surface area contributed by atoms with Crippen LogP contribution in [-0.4, -0.2) is 37.3 Å². The van der Waals surface area contributed by atoms with Crippen LogP contribution < -0.4 is 15.5 Å². The smallest absolute Gasteiger partial charge is 0.250 e. The Morgan fingerprint density at radius 3 is 2.59 bits per heavy atom. The number of nitrogens with zero attached hydrogens (tertiary/aromatic N) is 1. The molecule has 5 nitrogen and oxygen atoms in total. The monoisotopic (exact) mass is 401 g/mol. The summed E-state index contributed by atoms with van der Waals surface area (Å²) in [6.07, 6.45) is 3.17. The summed E-state index contributed by atoms with van der Waals surface area (Å²) in [6, 6.07) is 15.2. The van der Waals surface area contributed by atoms with Crippen LogP contribution in [0, 0.1) is 0 Å². The molecule has 1 aliphatic rings. The number of amides is 1. The van der Waals surface area contributed by atoms with Gasteiger partial charge in [-0.2, -0.15) is 0 Å². The average molecular weight is 402 g/mol. The van der Waals surface area contributed by atoms with E-state index < -0.39 is 0 Å². The Morgan fingerprint density at radius 2 is 1.89 bits per heavy atom. The van der Waals surface area contributed by atoms with E-state index in [4.69, 9.17) is 28.6 Å². The van der Waals surface area contributed by atoms with Gasteiger partial charge >= 0.3 is 0 Å². The Kier molecular flexibility index (Phi) is 6.81. The third-order valence-corrected chi connectivity index (χ3v) is 4.53. The normalized spacial score (nSPS) is 14.2. The zero-order valence-electron chi connectivity index (χ0n) is 14.7. The van der Waals surface area contributed by atoms with Gasteiger partial charge in [-0.1, -0.05) is 41.9 Å². The Balaban J connectivity index is 1.55. The van der Waals surface area contributed by atoms with Crippen LogP contribution in [0.5, 0.6) is 0 Å². The number of halogens is 1. The number of thiocarbonyl (C=S) groups is 1. The van der Waals surface area contributed by atoms with Gasteiger partial charge in [0.25, 0.3) is 0 Å². The summed E-state index contributed by atoms with van der Waals surface area (Å²) < 4.78 is 5.36. The number of anilines is 2. The largest absolute Gasteiger partial charge is 0.378 e. The van der Waals surface area contributed by atoms with Crippen molar-refractivity contribution in [2.75, 3.05) is 36.5 Å². The lowest BCUT2D eigenvalue weighted by molar-refractivity contribution is -0.115. The zero-order valence-corrected chi connectivity index (χ0v) is 16.2. The molecule has 1 fully saturated rings. The lowest BCUT2D eigenvalue weighted by atomic mass is 10.2. The van der Waals surface area contributed by atoms with E-state index in [9.17, 15) is 4.79 Å². The molecule has 2 aromatic carbocycles. The molecule has 27 heavy (non-hydrogen) atoms. The van der Waals surface area contributed by atoms with Gasteiger partial charge in [0.05, 0.1) is 23.9 Å². The van der Waals surface area contributed by atoms with E-state index in [0.717, 1.165) is 24.3 Å². The number of hydrogen-bond donors (Lipinski definition) is 2. The first kappa shape index (κ1) is 19.4. The molecule has 1 heterocycles. The highest BCUT2D eigenvalue weighted by Crippen LogP contribution is 2.29. The lowest BCUT2D eigenvalue weighted by Crippen LogP contribution is -2.36. The summed E-state index contributed by atoms with van der Waals surface area (Å²) in [7, 11) is 0. The molecule has 140 valence electrons. The molecule has 0 bridgehead atoms. The van der Waals surface area contributed by atoms with Crippen LogP contribution in [0.25, 0.3) is 6.08 Å². The molecule has 2 aromatic rings.